The molecular formula is C19H22N2O3. The van der Waals surface area contributed by atoms with Crippen molar-refractivity contribution in [1.29, 1.82) is 0 Å². The number of hydrogen-bond donors (Lipinski definition) is 1. The first-order valence-corrected chi connectivity index (χ1v) is 8.25. The number of likely N-dealkylation sites (tertiary alicyclic amines) is 1. The van der Waals surface area contributed by atoms with Crippen molar-refractivity contribution < 1.29 is 14.6 Å². The Kier molecular flexibility index (Phi) is 5.11. The van der Waals surface area contributed by atoms with E-state index in [1.165, 1.54) is 0 Å². The average Bonchev–Trinajstić information content (AvgIpc) is 3.07. The van der Waals surface area contributed by atoms with E-state index in [0.29, 0.717) is 25.3 Å². The molecule has 0 unspecified atom stereocenters. The summed E-state index contributed by atoms with van der Waals surface area (Å²) in [4.78, 5) is 18.6. The van der Waals surface area contributed by atoms with Gasteiger partial charge in [-0.3, -0.25) is 9.78 Å². The van der Waals surface area contributed by atoms with Gasteiger partial charge < -0.3 is 14.7 Å². The number of nitrogens with zero attached hydrogens (tertiary/aromatic N) is 2. The smallest absolute Gasteiger partial charge is 0.253 e. The maximum atomic E-state index is 12.7. The van der Waals surface area contributed by atoms with Crippen molar-refractivity contribution in [3.05, 3.63) is 59.9 Å². The number of aliphatic hydroxyl groups is 1. The van der Waals surface area contributed by atoms with E-state index in [1.54, 1.807) is 24.5 Å². The van der Waals surface area contributed by atoms with E-state index in [4.69, 9.17) is 4.74 Å². The van der Waals surface area contributed by atoms with Gasteiger partial charge in [0.15, 0.2) is 0 Å². The summed E-state index contributed by atoms with van der Waals surface area (Å²) in [6, 6.07) is 11.1. The number of carbonyl (C=O) groups excluding carboxylic acids is 1. The third-order valence-corrected chi connectivity index (χ3v) is 4.51. The Morgan fingerprint density at radius 3 is 2.54 bits per heavy atom. The zero-order valence-electron chi connectivity index (χ0n) is 13.8. The minimum absolute atomic E-state index is 0.00643. The molecule has 0 radical (unpaired) electrons. The second-order valence-corrected chi connectivity index (χ2v) is 6.00. The largest absolute Gasteiger partial charge is 0.494 e. The van der Waals surface area contributed by atoms with Crippen LogP contribution in [0.1, 0.15) is 28.8 Å². The Morgan fingerprint density at radius 2 is 1.92 bits per heavy atom. The first-order chi connectivity index (χ1) is 11.7. The molecule has 0 saturated carbocycles. The van der Waals surface area contributed by atoms with E-state index in [1.807, 2.05) is 36.1 Å². The number of pyridine rings is 1. The summed E-state index contributed by atoms with van der Waals surface area (Å²) in [5, 5.41) is 9.69. The summed E-state index contributed by atoms with van der Waals surface area (Å²) in [7, 11) is 0. The molecule has 1 aliphatic heterocycles. The lowest BCUT2D eigenvalue weighted by Gasteiger charge is -2.17. The molecule has 1 aromatic heterocycles. The fraction of sp³-hybridized carbons (Fsp3) is 0.368. The number of amides is 1. The molecule has 5 nitrogen and oxygen atoms in total. The molecule has 1 aliphatic rings. The molecule has 1 aromatic carbocycles. The van der Waals surface area contributed by atoms with Gasteiger partial charge in [-0.2, -0.15) is 0 Å². The Hall–Kier alpha value is -2.40. The molecule has 1 N–H and O–H groups in total. The Balaban J connectivity index is 1.74. The molecule has 0 aliphatic carbocycles. The number of benzene rings is 1. The molecular weight excluding hydrogens is 304 g/mol. The SMILES string of the molecule is CCOc1ccc(C(=O)N2C[C@@H](CO)[C@H](c3ccncc3)C2)cc1. The van der Waals surface area contributed by atoms with Gasteiger partial charge in [-0.1, -0.05) is 0 Å². The molecule has 24 heavy (non-hydrogen) atoms. The first kappa shape index (κ1) is 16.5. The molecule has 2 aromatic rings. The number of carbonyl (C=O) groups is 1. The van der Waals surface area contributed by atoms with E-state index in [-0.39, 0.29) is 24.3 Å². The molecule has 2 heterocycles. The van der Waals surface area contributed by atoms with Crippen molar-refractivity contribution >= 4 is 5.91 Å². The highest BCUT2D eigenvalue weighted by atomic mass is 16.5. The van der Waals surface area contributed by atoms with Crippen molar-refractivity contribution in [2.24, 2.45) is 5.92 Å². The number of rotatable bonds is 5. The number of hydrogen-bond acceptors (Lipinski definition) is 4. The van der Waals surface area contributed by atoms with Crippen LogP contribution in [0.2, 0.25) is 0 Å². The summed E-state index contributed by atoms with van der Waals surface area (Å²) >= 11 is 0. The van der Waals surface area contributed by atoms with E-state index in [2.05, 4.69) is 4.98 Å². The maximum absolute atomic E-state index is 12.7. The van der Waals surface area contributed by atoms with Crippen LogP contribution in [0.15, 0.2) is 48.8 Å². The van der Waals surface area contributed by atoms with Gasteiger partial charge in [-0.25, -0.2) is 0 Å². The molecule has 1 amide bonds. The van der Waals surface area contributed by atoms with E-state index < -0.39 is 0 Å². The fourth-order valence-electron chi connectivity index (χ4n) is 3.25. The first-order valence-electron chi connectivity index (χ1n) is 8.25. The van der Waals surface area contributed by atoms with Crippen molar-refractivity contribution in [1.82, 2.24) is 9.88 Å². The van der Waals surface area contributed by atoms with Crippen LogP contribution >= 0.6 is 0 Å². The van der Waals surface area contributed by atoms with Crippen molar-refractivity contribution in [2.45, 2.75) is 12.8 Å². The van der Waals surface area contributed by atoms with Crippen LogP contribution in [0, 0.1) is 5.92 Å². The maximum Gasteiger partial charge on any atom is 0.253 e. The van der Waals surface area contributed by atoms with Crippen LogP contribution < -0.4 is 4.74 Å². The lowest BCUT2D eigenvalue weighted by molar-refractivity contribution is 0.0781. The zero-order chi connectivity index (χ0) is 16.9. The lowest BCUT2D eigenvalue weighted by atomic mass is 9.90. The molecule has 3 rings (SSSR count). The number of aromatic nitrogens is 1. The monoisotopic (exact) mass is 326 g/mol. The van der Waals surface area contributed by atoms with Gasteiger partial charge in [-0.15, -0.1) is 0 Å². The van der Waals surface area contributed by atoms with E-state index >= 15 is 0 Å². The number of ether oxygens (including phenoxy) is 1. The highest BCUT2D eigenvalue weighted by Crippen LogP contribution is 2.33. The predicted molar refractivity (Wildman–Crippen MR) is 91.1 cm³/mol. The second kappa shape index (κ2) is 7.45. The van der Waals surface area contributed by atoms with E-state index in [9.17, 15) is 9.90 Å². The lowest BCUT2D eigenvalue weighted by Crippen LogP contribution is -2.29. The molecule has 1 saturated heterocycles. The van der Waals surface area contributed by atoms with Crippen molar-refractivity contribution in [3.8, 4) is 5.75 Å². The normalized spacial score (nSPS) is 20.2. The third-order valence-electron chi connectivity index (χ3n) is 4.51. The van der Waals surface area contributed by atoms with Gasteiger partial charge in [0.2, 0.25) is 0 Å². The topological polar surface area (TPSA) is 62.7 Å². The quantitative estimate of drug-likeness (QED) is 0.916. The Morgan fingerprint density at radius 1 is 1.21 bits per heavy atom. The van der Waals surface area contributed by atoms with Crippen molar-refractivity contribution in [3.63, 3.8) is 0 Å². The predicted octanol–water partition coefficient (Wildman–Crippen LogP) is 2.33. The molecule has 1 fully saturated rings. The standard InChI is InChI=1S/C19H22N2O3/c1-2-24-17-5-3-15(4-6-17)19(23)21-11-16(13-22)18(12-21)14-7-9-20-10-8-14/h3-10,16,18,22H,2,11-13H2,1H3/t16-,18-/m0/s1. The van der Waals surface area contributed by atoms with Gasteiger partial charge in [-0.05, 0) is 48.9 Å². The molecule has 126 valence electrons. The van der Waals surface area contributed by atoms with Crippen LogP contribution in [0.3, 0.4) is 0 Å². The summed E-state index contributed by atoms with van der Waals surface area (Å²) in [5.74, 6) is 0.954. The minimum Gasteiger partial charge on any atom is -0.494 e. The summed E-state index contributed by atoms with van der Waals surface area (Å²) in [5.41, 5.74) is 1.76. The molecule has 0 bridgehead atoms. The summed E-state index contributed by atoms with van der Waals surface area (Å²) in [6.45, 7) is 3.78. The molecule has 0 spiro atoms. The number of aliphatic hydroxyl groups excluding tert-OH is 1. The molecule has 2 atom stereocenters. The highest BCUT2D eigenvalue weighted by Gasteiger charge is 2.35. The van der Waals surface area contributed by atoms with Crippen LogP contribution in [0.5, 0.6) is 5.75 Å². The van der Waals surface area contributed by atoms with Crippen LogP contribution in [0.4, 0.5) is 0 Å². The van der Waals surface area contributed by atoms with Crippen LogP contribution in [-0.2, 0) is 0 Å². The van der Waals surface area contributed by atoms with Gasteiger partial charge in [0, 0.05) is 49.5 Å². The average molecular weight is 326 g/mol. The minimum atomic E-state index is -0.00643. The third kappa shape index (κ3) is 3.41. The zero-order valence-corrected chi connectivity index (χ0v) is 13.8. The van der Waals surface area contributed by atoms with Gasteiger partial charge in [0.1, 0.15) is 5.75 Å². The Bertz CT molecular complexity index is 673. The van der Waals surface area contributed by atoms with Gasteiger partial charge in [0.25, 0.3) is 5.91 Å². The van der Waals surface area contributed by atoms with Crippen LogP contribution in [-0.4, -0.2) is 47.2 Å². The highest BCUT2D eigenvalue weighted by molar-refractivity contribution is 5.94. The van der Waals surface area contributed by atoms with Gasteiger partial charge in [0.05, 0.1) is 6.61 Å². The molecule has 5 heteroatoms. The Labute approximate surface area is 141 Å². The van der Waals surface area contributed by atoms with Crippen LogP contribution in [0.25, 0.3) is 0 Å². The summed E-state index contributed by atoms with van der Waals surface area (Å²) in [6.07, 6.45) is 3.50. The van der Waals surface area contributed by atoms with Crippen molar-refractivity contribution in [2.75, 3.05) is 26.3 Å². The second-order valence-electron chi connectivity index (χ2n) is 6.00. The van der Waals surface area contributed by atoms with E-state index in [0.717, 1.165) is 11.3 Å². The van der Waals surface area contributed by atoms with Gasteiger partial charge >= 0.3 is 0 Å². The summed E-state index contributed by atoms with van der Waals surface area (Å²) < 4.78 is 5.41. The fourth-order valence-corrected chi connectivity index (χ4v) is 3.25.